The van der Waals surface area contributed by atoms with E-state index in [0.717, 1.165) is 24.1 Å². The number of carbonyl (C=O) groups is 1. The van der Waals surface area contributed by atoms with E-state index in [-0.39, 0.29) is 18.6 Å². The van der Waals surface area contributed by atoms with Crippen LogP contribution in [0.2, 0.25) is 0 Å². The molecule has 1 aromatic rings. The van der Waals surface area contributed by atoms with Gasteiger partial charge in [-0.1, -0.05) is 12.1 Å². The number of nitrogens with two attached hydrogens (primary N) is 1. The zero-order valence-corrected chi connectivity index (χ0v) is 14.3. The van der Waals surface area contributed by atoms with Crippen molar-refractivity contribution in [1.29, 1.82) is 0 Å². The lowest BCUT2D eigenvalue weighted by molar-refractivity contribution is 0.0145. The molecule has 2 atom stereocenters. The normalized spacial score (nSPS) is 22.0. The predicted octanol–water partition coefficient (Wildman–Crippen LogP) is 2.99. The predicted molar refractivity (Wildman–Crippen MR) is 91.2 cm³/mol. The third kappa shape index (κ3) is 4.86. The van der Waals surface area contributed by atoms with Crippen molar-refractivity contribution < 1.29 is 14.6 Å². The second-order valence-electron chi connectivity index (χ2n) is 7.26. The summed E-state index contributed by atoms with van der Waals surface area (Å²) in [6.07, 6.45) is 1.33. The number of amides is 1. The molecule has 5 heteroatoms. The molecule has 0 spiro atoms. The van der Waals surface area contributed by atoms with E-state index in [0.29, 0.717) is 19.0 Å². The Kier molecular flexibility index (Phi) is 5.52. The summed E-state index contributed by atoms with van der Waals surface area (Å²) in [6.45, 7) is 7.05. The van der Waals surface area contributed by atoms with Gasteiger partial charge in [0, 0.05) is 31.3 Å². The van der Waals surface area contributed by atoms with Gasteiger partial charge in [-0.3, -0.25) is 0 Å². The summed E-state index contributed by atoms with van der Waals surface area (Å²) >= 11 is 0. The van der Waals surface area contributed by atoms with Gasteiger partial charge in [0.05, 0.1) is 0 Å². The van der Waals surface area contributed by atoms with E-state index < -0.39 is 5.60 Å². The number of anilines is 1. The zero-order valence-electron chi connectivity index (χ0n) is 14.3. The molecule has 1 saturated heterocycles. The molecular formula is C18H28N2O3. The minimum absolute atomic E-state index is 0.163. The van der Waals surface area contributed by atoms with Crippen molar-refractivity contribution in [1.82, 2.24) is 4.90 Å². The van der Waals surface area contributed by atoms with Crippen molar-refractivity contribution in [3.8, 4) is 0 Å². The van der Waals surface area contributed by atoms with Crippen LogP contribution in [-0.4, -0.2) is 41.4 Å². The van der Waals surface area contributed by atoms with Gasteiger partial charge in [0.1, 0.15) is 5.60 Å². The maximum absolute atomic E-state index is 12.4. The number of ether oxygens (including phenoxy) is 1. The Bertz CT molecular complexity index is 539. The molecule has 23 heavy (non-hydrogen) atoms. The molecule has 3 N–H and O–H groups in total. The van der Waals surface area contributed by atoms with E-state index in [1.165, 1.54) is 0 Å². The largest absolute Gasteiger partial charge is 0.444 e. The van der Waals surface area contributed by atoms with Crippen LogP contribution in [0.15, 0.2) is 24.3 Å². The summed E-state index contributed by atoms with van der Waals surface area (Å²) in [6, 6.07) is 7.81. The van der Waals surface area contributed by atoms with Crippen LogP contribution in [0.25, 0.3) is 0 Å². The number of nitrogen functional groups attached to an aromatic ring is 1. The van der Waals surface area contributed by atoms with Crippen LogP contribution >= 0.6 is 0 Å². The number of likely N-dealkylation sites (tertiary alicyclic amines) is 1. The number of rotatable bonds is 3. The molecule has 0 aromatic heterocycles. The fourth-order valence-electron chi connectivity index (χ4n) is 3.17. The topological polar surface area (TPSA) is 75.8 Å². The van der Waals surface area contributed by atoms with Crippen LogP contribution in [0.1, 0.15) is 45.1 Å². The molecule has 5 nitrogen and oxygen atoms in total. The number of benzene rings is 1. The van der Waals surface area contributed by atoms with Crippen LogP contribution < -0.4 is 5.73 Å². The molecule has 1 heterocycles. The number of nitrogens with zero attached hydrogens (tertiary/aromatic N) is 1. The third-order valence-electron chi connectivity index (χ3n) is 4.25. The second kappa shape index (κ2) is 7.21. The smallest absolute Gasteiger partial charge is 0.410 e. The average molecular weight is 320 g/mol. The minimum atomic E-state index is -0.494. The molecule has 1 fully saturated rings. The van der Waals surface area contributed by atoms with Gasteiger partial charge in [-0.15, -0.1) is 0 Å². The SMILES string of the molecule is CC(C)(C)OC(=O)N1CC[C@@H](CCO)[C@@H](c2cccc(N)c2)C1. The van der Waals surface area contributed by atoms with Gasteiger partial charge in [-0.05, 0) is 57.2 Å². The Balaban J connectivity index is 2.16. The molecule has 128 valence electrons. The van der Waals surface area contributed by atoms with Crippen molar-refractivity contribution in [2.24, 2.45) is 5.92 Å². The fourth-order valence-corrected chi connectivity index (χ4v) is 3.17. The van der Waals surface area contributed by atoms with Gasteiger partial charge < -0.3 is 20.5 Å². The van der Waals surface area contributed by atoms with E-state index in [4.69, 9.17) is 10.5 Å². The molecule has 0 bridgehead atoms. The Hall–Kier alpha value is -1.75. The molecule has 1 aliphatic heterocycles. The Morgan fingerprint density at radius 2 is 2.17 bits per heavy atom. The summed E-state index contributed by atoms with van der Waals surface area (Å²) in [4.78, 5) is 14.1. The van der Waals surface area contributed by atoms with Crippen LogP contribution in [0.3, 0.4) is 0 Å². The fraction of sp³-hybridized carbons (Fsp3) is 0.611. The van der Waals surface area contributed by atoms with E-state index in [1.54, 1.807) is 4.90 Å². The summed E-state index contributed by atoms with van der Waals surface area (Å²) < 4.78 is 5.49. The molecule has 1 amide bonds. The number of hydrogen-bond donors (Lipinski definition) is 2. The van der Waals surface area contributed by atoms with Crippen LogP contribution in [0.5, 0.6) is 0 Å². The first-order chi connectivity index (χ1) is 10.8. The first kappa shape index (κ1) is 17.6. The highest BCUT2D eigenvalue weighted by Crippen LogP contribution is 2.35. The van der Waals surface area contributed by atoms with E-state index >= 15 is 0 Å². The molecular weight excluding hydrogens is 292 g/mol. The van der Waals surface area contributed by atoms with Gasteiger partial charge in [0.2, 0.25) is 0 Å². The van der Waals surface area contributed by atoms with Gasteiger partial charge >= 0.3 is 6.09 Å². The van der Waals surface area contributed by atoms with Crippen LogP contribution in [0.4, 0.5) is 10.5 Å². The van der Waals surface area contributed by atoms with Gasteiger partial charge in [-0.2, -0.15) is 0 Å². The molecule has 1 aromatic carbocycles. The lowest BCUT2D eigenvalue weighted by atomic mass is 9.79. The number of aliphatic hydroxyl groups is 1. The summed E-state index contributed by atoms with van der Waals surface area (Å²) in [7, 11) is 0. The maximum atomic E-state index is 12.4. The highest BCUT2D eigenvalue weighted by Gasteiger charge is 2.34. The van der Waals surface area contributed by atoms with Crippen molar-refractivity contribution in [2.75, 3.05) is 25.4 Å². The highest BCUT2D eigenvalue weighted by atomic mass is 16.6. The van der Waals surface area contributed by atoms with E-state index in [2.05, 4.69) is 0 Å². The van der Waals surface area contributed by atoms with Gasteiger partial charge in [0.15, 0.2) is 0 Å². The van der Waals surface area contributed by atoms with E-state index in [1.807, 2.05) is 45.0 Å². The third-order valence-corrected chi connectivity index (χ3v) is 4.25. The first-order valence-corrected chi connectivity index (χ1v) is 8.24. The van der Waals surface area contributed by atoms with Gasteiger partial charge in [-0.25, -0.2) is 4.79 Å². The lowest BCUT2D eigenvalue weighted by Crippen LogP contribution is -2.45. The van der Waals surface area contributed by atoms with Crippen molar-refractivity contribution in [3.05, 3.63) is 29.8 Å². The standard InChI is InChI=1S/C18H28N2O3/c1-18(2,3)23-17(22)20-9-7-13(8-10-21)16(12-20)14-5-4-6-15(19)11-14/h4-6,11,13,16,21H,7-10,12,19H2,1-3H3/t13-,16-/m0/s1. The number of aliphatic hydroxyl groups excluding tert-OH is 1. The summed E-state index contributed by atoms with van der Waals surface area (Å²) in [5.74, 6) is 0.521. The molecule has 1 aliphatic rings. The molecule has 0 unspecified atom stereocenters. The quantitative estimate of drug-likeness (QED) is 0.840. The highest BCUT2D eigenvalue weighted by molar-refractivity contribution is 5.68. The molecule has 2 rings (SSSR count). The minimum Gasteiger partial charge on any atom is -0.444 e. The monoisotopic (exact) mass is 320 g/mol. The number of carbonyl (C=O) groups excluding carboxylic acids is 1. The lowest BCUT2D eigenvalue weighted by Gasteiger charge is -2.39. The van der Waals surface area contributed by atoms with Crippen LogP contribution in [-0.2, 0) is 4.74 Å². The van der Waals surface area contributed by atoms with Crippen molar-refractivity contribution >= 4 is 11.8 Å². The van der Waals surface area contributed by atoms with Gasteiger partial charge in [0.25, 0.3) is 0 Å². The van der Waals surface area contributed by atoms with Crippen LogP contribution in [0, 0.1) is 5.92 Å². The summed E-state index contributed by atoms with van der Waals surface area (Å²) in [5.41, 5.74) is 7.26. The Labute approximate surface area is 138 Å². The number of hydrogen-bond acceptors (Lipinski definition) is 4. The molecule has 0 saturated carbocycles. The Morgan fingerprint density at radius 1 is 1.43 bits per heavy atom. The second-order valence-corrected chi connectivity index (χ2v) is 7.26. The molecule has 0 aliphatic carbocycles. The van der Waals surface area contributed by atoms with Crippen molar-refractivity contribution in [2.45, 2.75) is 45.1 Å². The maximum Gasteiger partial charge on any atom is 0.410 e. The average Bonchev–Trinajstić information content (AvgIpc) is 2.46. The molecule has 0 radical (unpaired) electrons. The first-order valence-electron chi connectivity index (χ1n) is 8.24. The zero-order chi connectivity index (χ0) is 17.0. The van der Waals surface area contributed by atoms with E-state index in [9.17, 15) is 9.90 Å². The van der Waals surface area contributed by atoms with Crippen molar-refractivity contribution in [3.63, 3.8) is 0 Å². The summed E-state index contributed by atoms with van der Waals surface area (Å²) in [5, 5.41) is 9.34. The Morgan fingerprint density at radius 3 is 2.78 bits per heavy atom. The number of piperidine rings is 1.